The minimum atomic E-state index is -0.0760. The molecule has 220 valence electrons. The topological polar surface area (TPSA) is 51.4 Å². The molecule has 0 fully saturated rings. The van der Waals surface area contributed by atoms with Gasteiger partial charge in [0.2, 0.25) is 5.91 Å². The largest absolute Gasteiger partial charge is 1.00 e. The van der Waals surface area contributed by atoms with Gasteiger partial charge >= 0.3 is 0 Å². The van der Waals surface area contributed by atoms with Crippen molar-refractivity contribution in [2.45, 2.75) is 90.4 Å². The number of rotatable bonds is 19. The van der Waals surface area contributed by atoms with Crippen LogP contribution in [0.25, 0.3) is 10.6 Å². The van der Waals surface area contributed by atoms with E-state index in [1.807, 2.05) is 55.7 Å². The Hall–Kier alpha value is -2.57. The van der Waals surface area contributed by atoms with E-state index in [4.69, 9.17) is 9.47 Å². The Morgan fingerprint density at radius 2 is 1.50 bits per heavy atom. The van der Waals surface area contributed by atoms with Gasteiger partial charge in [0.15, 0.2) is 17.7 Å². The third-order valence-corrected chi connectivity index (χ3v) is 8.08. The number of hydrogen-bond donors (Lipinski definition) is 1. The van der Waals surface area contributed by atoms with E-state index in [1.54, 1.807) is 18.4 Å². The monoisotopic (exact) mass is 586 g/mol. The molecule has 1 N–H and O–H groups in total. The number of ether oxygens (including phenoxy) is 2. The van der Waals surface area contributed by atoms with Crippen LogP contribution in [0.3, 0.4) is 0 Å². The maximum absolute atomic E-state index is 12.9. The van der Waals surface area contributed by atoms with E-state index < -0.39 is 0 Å². The zero-order valence-electron chi connectivity index (χ0n) is 24.6. The van der Waals surface area contributed by atoms with Crippen LogP contribution in [0.4, 0.5) is 5.69 Å². The van der Waals surface area contributed by atoms with Gasteiger partial charge in [0.25, 0.3) is 5.01 Å². The van der Waals surface area contributed by atoms with Crippen molar-refractivity contribution in [3.8, 4) is 22.1 Å². The number of halogens is 1. The summed E-state index contributed by atoms with van der Waals surface area (Å²) >= 11 is 1.70. The first-order valence-corrected chi connectivity index (χ1v) is 15.6. The summed E-state index contributed by atoms with van der Waals surface area (Å²) in [6, 6.07) is 13.7. The van der Waals surface area contributed by atoms with Gasteiger partial charge in [-0.1, -0.05) is 101 Å². The number of carbonyl (C=O) groups excluding carboxylic acids is 1. The van der Waals surface area contributed by atoms with Gasteiger partial charge in [-0.15, -0.1) is 0 Å². The van der Waals surface area contributed by atoms with Gasteiger partial charge in [0, 0.05) is 11.3 Å². The van der Waals surface area contributed by atoms with Crippen molar-refractivity contribution in [2.24, 2.45) is 7.05 Å². The fourth-order valence-electron chi connectivity index (χ4n) is 4.83. The van der Waals surface area contributed by atoms with Crippen molar-refractivity contribution in [2.75, 3.05) is 19.0 Å². The minimum Gasteiger partial charge on any atom is -1.00 e. The van der Waals surface area contributed by atoms with Crippen LogP contribution in [-0.2, 0) is 18.3 Å². The van der Waals surface area contributed by atoms with E-state index in [1.165, 1.54) is 75.6 Å². The van der Waals surface area contributed by atoms with Gasteiger partial charge in [0.05, 0.1) is 31.1 Å². The quantitative estimate of drug-likeness (QED) is 0.149. The van der Waals surface area contributed by atoms with Crippen LogP contribution in [0, 0.1) is 0 Å². The second-order valence-electron chi connectivity index (χ2n) is 10.3. The van der Waals surface area contributed by atoms with Gasteiger partial charge in [-0.3, -0.25) is 4.79 Å². The van der Waals surface area contributed by atoms with Crippen molar-refractivity contribution in [1.82, 2.24) is 0 Å². The van der Waals surface area contributed by atoms with Crippen molar-refractivity contribution in [3.05, 3.63) is 59.6 Å². The van der Waals surface area contributed by atoms with Crippen molar-refractivity contribution in [3.63, 3.8) is 0 Å². The molecule has 0 aliphatic rings. The summed E-state index contributed by atoms with van der Waals surface area (Å²) in [7, 11) is 3.68. The Labute approximate surface area is 251 Å². The Morgan fingerprint density at radius 1 is 0.875 bits per heavy atom. The lowest BCUT2D eigenvalue weighted by molar-refractivity contribution is -0.655. The van der Waals surface area contributed by atoms with Crippen LogP contribution in [0.2, 0.25) is 0 Å². The fraction of sp³-hybridized carbons (Fsp3) is 0.515. The third kappa shape index (κ3) is 11.5. The first-order chi connectivity index (χ1) is 19.1. The van der Waals surface area contributed by atoms with Gasteiger partial charge in [-0.25, -0.2) is 0 Å². The van der Waals surface area contributed by atoms with Gasteiger partial charge in [-0.05, 0) is 36.8 Å². The number of hydrogen-bond acceptors (Lipinski definition) is 4. The summed E-state index contributed by atoms with van der Waals surface area (Å²) in [6.45, 7) is 2.90. The van der Waals surface area contributed by atoms with Crippen LogP contribution in [0.1, 0.15) is 89.5 Å². The molecule has 40 heavy (non-hydrogen) atoms. The highest BCUT2D eigenvalue weighted by atomic mass is 35.5. The number of benzene rings is 2. The number of thiazole rings is 1. The number of unbranched alkanes of at least 4 members (excludes halogenated alkanes) is 11. The summed E-state index contributed by atoms with van der Waals surface area (Å²) in [6.07, 6.45) is 18.0. The normalized spacial score (nSPS) is 10.7. The molecule has 0 aliphatic heterocycles. The molecule has 3 aromatic rings. The van der Waals surface area contributed by atoms with Crippen molar-refractivity contribution >= 4 is 22.9 Å². The summed E-state index contributed by atoms with van der Waals surface area (Å²) < 4.78 is 13.8. The van der Waals surface area contributed by atoms with Crippen LogP contribution >= 0.6 is 11.3 Å². The Bertz CT molecular complexity index is 1120. The van der Waals surface area contributed by atoms with E-state index in [0.717, 1.165) is 23.2 Å². The van der Waals surface area contributed by atoms with Crippen molar-refractivity contribution in [1.29, 1.82) is 0 Å². The lowest BCUT2D eigenvalue weighted by Crippen LogP contribution is -3.00. The van der Waals surface area contributed by atoms with E-state index in [9.17, 15) is 4.79 Å². The van der Waals surface area contributed by atoms with Gasteiger partial charge < -0.3 is 27.2 Å². The lowest BCUT2D eigenvalue weighted by atomic mass is 10.1. The molecular formula is C33H47ClN2O3S. The predicted octanol–water partition coefficient (Wildman–Crippen LogP) is 5.51. The number of aromatic nitrogens is 1. The van der Waals surface area contributed by atoms with Crippen LogP contribution < -0.4 is 31.8 Å². The predicted molar refractivity (Wildman–Crippen MR) is 163 cm³/mol. The molecule has 1 aromatic heterocycles. The van der Waals surface area contributed by atoms with Crippen LogP contribution in [0.15, 0.2) is 54.0 Å². The highest BCUT2D eigenvalue weighted by molar-refractivity contribution is 7.12. The van der Waals surface area contributed by atoms with Crippen molar-refractivity contribution < 1.29 is 31.2 Å². The minimum absolute atomic E-state index is 0. The number of anilines is 1. The fourth-order valence-corrected chi connectivity index (χ4v) is 5.70. The number of methoxy groups -OCH3 is 1. The third-order valence-electron chi connectivity index (χ3n) is 7.08. The average molecular weight is 587 g/mol. The Kier molecular flexibility index (Phi) is 16.4. The molecule has 0 radical (unpaired) electrons. The van der Waals surface area contributed by atoms with Gasteiger partial charge in [0.1, 0.15) is 7.05 Å². The highest BCUT2D eigenvalue weighted by Crippen LogP contribution is 2.32. The summed E-state index contributed by atoms with van der Waals surface area (Å²) in [5.41, 5.74) is 2.75. The summed E-state index contributed by atoms with van der Waals surface area (Å²) in [5.74, 6) is 1.28. The average Bonchev–Trinajstić information content (AvgIpc) is 3.38. The second-order valence-corrected chi connectivity index (χ2v) is 11.2. The highest BCUT2D eigenvalue weighted by Gasteiger charge is 2.15. The second kappa shape index (κ2) is 19.5. The zero-order chi connectivity index (χ0) is 27.7. The molecule has 3 rings (SSSR count). The summed E-state index contributed by atoms with van der Waals surface area (Å²) in [5, 5.41) is 6.27. The maximum Gasteiger partial charge on any atom is 0.268 e. The number of aryl methyl sites for hydroxylation is 1. The van der Waals surface area contributed by atoms with Crippen LogP contribution in [-0.4, -0.2) is 19.6 Å². The molecule has 2 aromatic carbocycles. The smallest absolute Gasteiger partial charge is 0.268 e. The summed E-state index contributed by atoms with van der Waals surface area (Å²) in [4.78, 5) is 12.9. The number of carbonyl (C=O) groups is 1. The molecule has 0 aliphatic carbocycles. The molecule has 0 atom stereocenters. The number of amides is 1. The molecule has 1 heterocycles. The molecule has 0 saturated heterocycles. The number of nitrogens with one attached hydrogen (secondary N) is 1. The molecule has 0 bridgehead atoms. The standard InChI is InChI=1S/C33H46N2O3S.ClH/c1-4-5-6-7-8-9-10-11-12-13-14-15-24-38-32-28(17-16-18-30(32)37-3)26-31(36)34-29-21-19-27(20-22-29)33-35(2)23-25-39-33;/h16-23,25H,4-15,24,26H2,1-3H3;1H. The molecule has 1 amide bonds. The van der Waals surface area contributed by atoms with E-state index in [2.05, 4.69) is 22.2 Å². The maximum atomic E-state index is 12.9. The van der Waals surface area contributed by atoms with E-state index >= 15 is 0 Å². The number of nitrogens with zero attached hydrogens (tertiary/aromatic N) is 1. The number of para-hydroxylation sites is 1. The first-order valence-electron chi connectivity index (χ1n) is 14.7. The van der Waals surface area contributed by atoms with Gasteiger partial charge in [-0.2, -0.15) is 4.57 Å². The van der Waals surface area contributed by atoms with E-state index in [0.29, 0.717) is 18.1 Å². The molecule has 0 spiro atoms. The molecule has 0 saturated carbocycles. The SMILES string of the molecule is CCCCCCCCCCCCCCOc1c(CC(=O)Nc2ccc(-c3scc[n+]3C)cc2)cccc1OC.[Cl-]. The molecule has 5 nitrogen and oxygen atoms in total. The zero-order valence-corrected chi connectivity index (χ0v) is 26.1. The first kappa shape index (κ1) is 33.6. The molecule has 7 heteroatoms. The Balaban J connectivity index is 0.00000560. The van der Waals surface area contributed by atoms with E-state index in [-0.39, 0.29) is 24.7 Å². The van der Waals surface area contributed by atoms with Crippen LogP contribution in [0.5, 0.6) is 11.5 Å². The lowest BCUT2D eigenvalue weighted by Gasteiger charge is -2.15. The molecule has 0 unspecified atom stereocenters. The molecular weight excluding hydrogens is 540 g/mol. The Morgan fingerprint density at radius 3 is 2.08 bits per heavy atom.